The molecule has 1 unspecified atom stereocenters. The maximum atomic E-state index is 12.4. The number of aryl methyl sites for hydroxylation is 3. The molecule has 0 spiro atoms. The van der Waals surface area contributed by atoms with E-state index in [4.69, 9.17) is 4.74 Å². The van der Waals surface area contributed by atoms with E-state index in [0.717, 1.165) is 28.3 Å². The van der Waals surface area contributed by atoms with Crippen molar-refractivity contribution in [2.24, 2.45) is 0 Å². The minimum absolute atomic E-state index is 0.0368. The van der Waals surface area contributed by atoms with Crippen LogP contribution in [0, 0.1) is 20.8 Å². The highest BCUT2D eigenvalue weighted by atomic mass is 32.2. The van der Waals surface area contributed by atoms with Crippen LogP contribution >= 0.6 is 11.8 Å². The van der Waals surface area contributed by atoms with E-state index >= 15 is 0 Å². The van der Waals surface area contributed by atoms with Crippen LogP contribution in [0.15, 0.2) is 42.5 Å². The molecule has 2 aromatic rings. The Kier molecular flexibility index (Phi) is 6.73. The van der Waals surface area contributed by atoms with Crippen molar-refractivity contribution < 1.29 is 9.53 Å². The highest BCUT2D eigenvalue weighted by Gasteiger charge is 2.15. The number of hydrogen-bond donors (Lipinski definition) is 1. The molecular weight excluding hydrogens is 318 g/mol. The number of para-hydroxylation sites is 1. The highest BCUT2D eigenvalue weighted by Crippen LogP contribution is 2.23. The van der Waals surface area contributed by atoms with E-state index < -0.39 is 0 Å². The van der Waals surface area contributed by atoms with E-state index in [1.807, 2.05) is 51.1 Å². The molecule has 24 heavy (non-hydrogen) atoms. The third kappa shape index (κ3) is 5.31. The molecule has 2 rings (SSSR count). The van der Waals surface area contributed by atoms with Crippen LogP contribution < -0.4 is 10.1 Å². The predicted molar refractivity (Wildman–Crippen MR) is 103 cm³/mol. The molecule has 0 bridgehead atoms. The summed E-state index contributed by atoms with van der Waals surface area (Å²) < 4.78 is 5.65. The van der Waals surface area contributed by atoms with Gasteiger partial charge in [-0.3, -0.25) is 4.79 Å². The normalized spacial score (nSPS) is 11.8. The second-order valence-corrected chi connectivity index (χ2v) is 7.39. The standard InChI is InChI=1S/C20H25NO2S/c1-14-12-15(2)19(16(3)13-14)21-20(22)17(4)24-11-10-23-18-8-6-5-7-9-18/h5-9,12-13,17H,10-11H2,1-4H3,(H,21,22). The molecule has 0 aliphatic carbocycles. The van der Waals surface area contributed by atoms with Gasteiger partial charge in [-0.05, 0) is 51.0 Å². The first kappa shape index (κ1) is 18.4. The van der Waals surface area contributed by atoms with E-state index in [2.05, 4.69) is 24.4 Å². The Hall–Kier alpha value is -1.94. The van der Waals surface area contributed by atoms with Gasteiger partial charge in [0.2, 0.25) is 5.91 Å². The molecule has 0 aliphatic rings. The summed E-state index contributed by atoms with van der Waals surface area (Å²) in [5.41, 5.74) is 4.35. The number of rotatable bonds is 7. The Morgan fingerprint density at radius 3 is 2.38 bits per heavy atom. The molecular formula is C20H25NO2S. The maximum absolute atomic E-state index is 12.4. The molecule has 1 amide bonds. The lowest BCUT2D eigenvalue weighted by atomic mass is 10.1. The second-order valence-electron chi connectivity index (χ2n) is 5.94. The number of benzene rings is 2. The van der Waals surface area contributed by atoms with E-state index in [0.29, 0.717) is 6.61 Å². The Labute approximate surface area is 148 Å². The zero-order chi connectivity index (χ0) is 17.5. The molecule has 0 aromatic heterocycles. The Morgan fingerprint density at radius 1 is 1.12 bits per heavy atom. The first-order chi connectivity index (χ1) is 11.5. The van der Waals surface area contributed by atoms with Gasteiger partial charge in [-0.2, -0.15) is 0 Å². The number of thioether (sulfide) groups is 1. The van der Waals surface area contributed by atoms with E-state index in [1.54, 1.807) is 11.8 Å². The number of nitrogens with one attached hydrogen (secondary N) is 1. The minimum Gasteiger partial charge on any atom is -0.493 e. The van der Waals surface area contributed by atoms with Gasteiger partial charge in [0.15, 0.2) is 0 Å². The van der Waals surface area contributed by atoms with E-state index in [1.165, 1.54) is 5.56 Å². The summed E-state index contributed by atoms with van der Waals surface area (Å²) >= 11 is 1.60. The van der Waals surface area contributed by atoms with Gasteiger partial charge in [0, 0.05) is 11.4 Å². The van der Waals surface area contributed by atoms with Crippen molar-refractivity contribution in [1.29, 1.82) is 0 Å². The molecule has 128 valence electrons. The Morgan fingerprint density at radius 2 is 1.75 bits per heavy atom. The van der Waals surface area contributed by atoms with Gasteiger partial charge in [-0.15, -0.1) is 11.8 Å². The predicted octanol–water partition coefficient (Wildman–Crippen LogP) is 4.75. The van der Waals surface area contributed by atoms with Gasteiger partial charge in [-0.1, -0.05) is 35.9 Å². The lowest BCUT2D eigenvalue weighted by Gasteiger charge is -2.16. The van der Waals surface area contributed by atoms with Crippen molar-refractivity contribution in [2.75, 3.05) is 17.7 Å². The van der Waals surface area contributed by atoms with Gasteiger partial charge in [0.05, 0.1) is 11.9 Å². The molecule has 0 aliphatic heterocycles. The summed E-state index contributed by atoms with van der Waals surface area (Å²) in [6.45, 7) is 8.65. The van der Waals surface area contributed by atoms with Crippen molar-refractivity contribution in [3.8, 4) is 5.75 Å². The van der Waals surface area contributed by atoms with Crippen molar-refractivity contribution in [1.82, 2.24) is 0 Å². The van der Waals surface area contributed by atoms with Crippen LogP contribution in [0.1, 0.15) is 23.6 Å². The smallest absolute Gasteiger partial charge is 0.237 e. The minimum atomic E-state index is -0.121. The summed E-state index contributed by atoms with van der Waals surface area (Å²) in [6.07, 6.45) is 0. The van der Waals surface area contributed by atoms with E-state index in [-0.39, 0.29) is 11.2 Å². The maximum Gasteiger partial charge on any atom is 0.237 e. The number of amides is 1. The largest absolute Gasteiger partial charge is 0.493 e. The highest BCUT2D eigenvalue weighted by molar-refractivity contribution is 8.00. The molecule has 0 saturated carbocycles. The Balaban J connectivity index is 1.80. The van der Waals surface area contributed by atoms with Gasteiger partial charge in [0.25, 0.3) is 0 Å². The van der Waals surface area contributed by atoms with Gasteiger partial charge < -0.3 is 10.1 Å². The summed E-state index contributed by atoms with van der Waals surface area (Å²) in [5.74, 6) is 1.67. The van der Waals surface area contributed by atoms with Crippen molar-refractivity contribution in [3.63, 3.8) is 0 Å². The van der Waals surface area contributed by atoms with Crippen LogP contribution in [0.4, 0.5) is 5.69 Å². The molecule has 4 heteroatoms. The molecule has 0 heterocycles. The average molecular weight is 343 g/mol. The lowest BCUT2D eigenvalue weighted by molar-refractivity contribution is -0.115. The third-order valence-electron chi connectivity index (χ3n) is 3.76. The van der Waals surface area contributed by atoms with Crippen molar-refractivity contribution in [3.05, 3.63) is 59.2 Å². The summed E-state index contributed by atoms with van der Waals surface area (Å²) in [5, 5.41) is 2.94. The average Bonchev–Trinajstić information content (AvgIpc) is 2.55. The molecule has 0 radical (unpaired) electrons. The number of hydrogen-bond acceptors (Lipinski definition) is 3. The first-order valence-corrected chi connectivity index (χ1v) is 9.20. The summed E-state index contributed by atoms with van der Waals surface area (Å²) in [4.78, 5) is 12.4. The van der Waals surface area contributed by atoms with Crippen LogP contribution in [0.2, 0.25) is 0 Å². The van der Waals surface area contributed by atoms with Crippen LogP contribution in [0.5, 0.6) is 5.75 Å². The zero-order valence-corrected chi connectivity index (χ0v) is 15.6. The summed E-state index contributed by atoms with van der Waals surface area (Å²) in [6, 6.07) is 13.9. The van der Waals surface area contributed by atoms with E-state index in [9.17, 15) is 4.79 Å². The number of carbonyl (C=O) groups excluding carboxylic acids is 1. The van der Waals surface area contributed by atoms with Crippen LogP contribution in [0.25, 0.3) is 0 Å². The lowest BCUT2D eigenvalue weighted by Crippen LogP contribution is -2.24. The molecule has 1 atom stereocenters. The second kappa shape index (κ2) is 8.78. The molecule has 0 saturated heterocycles. The fourth-order valence-corrected chi connectivity index (χ4v) is 3.32. The zero-order valence-electron chi connectivity index (χ0n) is 14.8. The Bertz CT molecular complexity index is 662. The quantitative estimate of drug-likeness (QED) is 0.737. The third-order valence-corrected chi connectivity index (χ3v) is 4.87. The number of carbonyl (C=O) groups is 1. The number of ether oxygens (including phenoxy) is 1. The van der Waals surface area contributed by atoms with Crippen LogP contribution in [0.3, 0.4) is 0 Å². The molecule has 0 fully saturated rings. The van der Waals surface area contributed by atoms with Crippen LogP contribution in [-0.4, -0.2) is 23.5 Å². The van der Waals surface area contributed by atoms with Gasteiger partial charge >= 0.3 is 0 Å². The van der Waals surface area contributed by atoms with Gasteiger partial charge in [-0.25, -0.2) is 0 Å². The van der Waals surface area contributed by atoms with Crippen molar-refractivity contribution >= 4 is 23.4 Å². The fraction of sp³-hybridized carbons (Fsp3) is 0.350. The van der Waals surface area contributed by atoms with Gasteiger partial charge in [0.1, 0.15) is 5.75 Å². The van der Waals surface area contributed by atoms with Crippen LogP contribution in [-0.2, 0) is 4.79 Å². The first-order valence-electron chi connectivity index (χ1n) is 8.15. The fourth-order valence-electron chi connectivity index (χ4n) is 2.58. The number of anilines is 1. The SMILES string of the molecule is Cc1cc(C)c(NC(=O)C(C)SCCOc2ccccc2)c(C)c1. The topological polar surface area (TPSA) is 38.3 Å². The monoisotopic (exact) mass is 343 g/mol. The molecule has 1 N–H and O–H groups in total. The van der Waals surface area contributed by atoms with Crippen molar-refractivity contribution in [2.45, 2.75) is 32.9 Å². The molecule has 2 aromatic carbocycles. The molecule has 3 nitrogen and oxygen atoms in total. The summed E-state index contributed by atoms with van der Waals surface area (Å²) in [7, 11) is 0.